The second-order valence-corrected chi connectivity index (χ2v) is 6.05. The molecule has 1 unspecified atom stereocenters. The highest BCUT2D eigenvalue weighted by atomic mass is 79.9. The molecule has 1 atom stereocenters. The zero-order chi connectivity index (χ0) is 12.9. The van der Waals surface area contributed by atoms with Gasteiger partial charge in [0.25, 0.3) is 0 Å². The molecule has 1 aromatic carbocycles. The Bertz CT molecular complexity index is 379. The smallest absolute Gasteiger partial charge is 0.325 e. The van der Waals surface area contributed by atoms with Crippen molar-refractivity contribution in [2.75, 3.05) is 12.9 Å². The summed E-state index contributed by atoms with van der Waals surface area (Å²) in [7, 11) is 1.36. The molecular formula is C12H16BrNO2S. The molecule has 0 heterocycles. The van der Waals surface area contributed by atoms with Crippen LogP contribution < -0.4 is 5.73 Å². The number of nitrogens with two attached hydrogens (primary N) is 1. The Morgan fingerprint density at radius 3 is 2.59 bits per heavy atom. The first-order chi connectivity index (χ1) is 7.95. The van der Waals surface area contributed by atoms with E-state index in [9.17, 15) is 4.79 Å². The predicted octanol–water partition coefficient (Wildman–Crippen LogP) is 2.82. The minimum Gasteiger partial charge on any atom is -0.468 e. The van der Waals surface area contributed by atoms with Gasteiger partial charge >= 0.3 is 5.97 Å². The minimum atomic E-state index is -0.906. The van der Waals surface area contributed by atoms with Gasteiger partial charge < -0.3 is 10.5 Å². The Kier molecular flexibility index (Phi) is 5.49. The van der Waals surface area contributed by atoms with Crippen molar-refractivity contribution < 1.29 is 9.53 Å². The third kappa shape index (κ3) is 4.69. The molecule has 3 nitrogen and oxygen atoms in total. The number of hydrogen-bond donors (Lipinski definition) is 1. The zero-order valence-electron chi connectivity index (χ0n) is 9.90. The van der Waals surface area contributed by atoms with Gasteiger partial charge in [-0.15, -0.1) is 11.8 Å². The minimum absolute atomic E-state index is 0.367. The first-order valence-electron chi connectivity index (χ1n) is 5.21. The van der Waals surface area contributed by atoms with Crippen molar-refractivity contribution in [3.63, 3.8) is 0 Å². The Labute approximate surface area is 114 Å². The summed E-state index contributed by atoms with van der Waals surface area (Å²) in [5, 5.41) is 0. The van der Waals surface area contributed by atoms with Gasteiger partial charge in [0.2, 0.25) is 0 Å². The lowest BCUT2D eigenvalue weighted by Gasteiger charge is -2.20. The van der Waals surface area contributed by atoms with Crippen LogP contribution in [0.25, 0.3) is 0 Å². The number of carbonyl (C=O) groups excluding carboxylic acids is 1. The molecule has 94 valence electrons. The first kappa shape index (κ1) is 14.5. The number of rotatable bonds is 5. The van der Waals surface area contributed by atoms with Crippen LogP contribution in [0.3, 0.4) is 0 Å². The van der Waals surface area contributed by atoms with Crippen LogP contribution in [0, 0.1) is 0 Å². The van der Waals surface area contributed by atoms with E-state index in [2.05, 4.69) is 20.7 Å². The topological polar surface area (TPSA) is 52.3 Å². The highest BCUT2D eigenvalue weighted by Crippen LogP contribution is 2.23. The van der Waals surface area contributed by atoms with Gasteiger partial charge in [0.15, 0.2) is 0 Å². The average Bonchev–Trinajstić information content (AvgIpc) is 2.30. The number of benzene rings is 1. The summed E-state index contributed by atoms with van der Waals surface area (Å²) in [6.45, 7) is 1.70. The van der Waals surface area contributed by atoms with E-state index in [1.54, 1.807) is 18.7 Å². The number of esters is 1. The lowest BCUT2D eigenvalue weighted by Crippen LogP contribution is -2.46. The Hall–Kier alpha value is -0.520. The maximum absolute atomic E-state index is 11.4. The van der Waals surface area contributed by atoms with Gasteiger partial charge in [-0.05, 0) is 37.6 Å². The SMILES string of the molecule is COC(=O)C(C)(N)CCSc1ccc(Br)cc1. The molecule has 2 N–H and O–H groups in total. The summed E-state index contributed by atoms with van der Waals surface area (Å²) in [5.74, 6) is 0.415. The van der Waals surface area contributed by atoms with E-state index in [-0.39, 0.29) is 5.97 Å². The molecule has 0 saturated carbocycles. The molecule has 0 aliphatic heterocycles. The molecule has 0 aliphatic carbocycles. The highest BCUT2D eigenvalue weighted by molar-refractivity contribution is 9.10. The second kappa shape index (κ2) is 6.42. The zero-order valence-corrected chi connectivity index (χ0v) is 12.3. The fourth-order valence-electron chi connectivity index (χ4n) is 1.25. The van der Waals surface area contributed by atoms with Crippen LogP contribution >= 0.6 is 27.7 Å². The van der Waals surface area contributed by atoms with Crippen molar-refractivity contribution in [3.05, 3.63) is 28.7 Å². The number of halogens is 1. The van der Waals surface area contributed by atoms with E-state index in [1.807, 2.05) is 24.3 Å². The average molecular weight is 318 g/mol. The molecule has 0 spiro atoms. The van der Waals surface area contributed by atoms with Crippen molar-refractivity contribution in [1.82, 2.24) is 0 Å². The molecule has 0 aromatic heterocycles. The highest BCUT2D eigenvalue weighted by Gasteiger charge is 2.28. The number of thioether (sulfide) groups is 1. The molecular weight excluding hydrogens is 302 g/mol. The van der Waals surface area contributed by atoms with Crippen LogP contribution in [0.15, 0.2) is 33.6 Å². The van der Waals surface area contributed by atoms with Gasteiger partial charge in [0.1, 0.15) is 5.54 Å². The van der Waals surface area contributed by atoms with Crippen molar-refractivity contribution >= 4 is 33.7 Å². The third-order valence-electron chi connectivity index (χ3n) is 2.36. The van der Waals surface area contributed by atoms with Crippen molar-refractivity contribution in [3.8, 4) is 0 Å². The number of hydrogen-bond acceptors (Lipinski definition) is 4. The predicted molar refractivity (Wildman–Crippen MR) is 74.1 cm³/mol. The Morgan fingerprint density at radius 2 is 2.06 bits per heavy atom. The molecule has 0 saturated heterocycles. The molecule has 0 radical (unpaired) electrons. The van der Waals surface area contributed by atoms with Crippen LogP contribution in [0.1, 0.15) is 13.3 Å². The monoisotopic (exact) mass is 317 g/mol. The van der Waals surface area contributed by atoms with Crippen LogP contribution in [0.2, 0.25) is 0 Å². The van der Waals surface area contributed by atoms with Gasteiger partial charge in [0, 0.05) is 15.1 Å². The van der Waals surface area contributed by atoms with Crippen LogP contribution in [0.5, 0.6) is 0 Å². The summed E-state index contributed by atoms with van der Waals surface area (Å²) >= 11 is 5.06. The fourth-order valence-corrected chi connectivity index (χ4v) is 2.60. The summed E-state index contributed by atoms with van der Waals surface area (Å²) < 4.78 is 5.71. The summed E-state index contributed by atoms with van der Waals surface area (Å²) in [4.78, 5) is 12.5. The van der Waals surface area contributed by atoms with Crippen LogP contribution in [-0.4, -0.2) is 24.4 Å². The van der Waals surface area contributed by atoms with Gasteiger partial charge in [-0.1, -0.05) is 15.9 Å². The standard InChI is InChI=1S/C12H16BrNO2S/c1-12(14,11(15)16-2)7-8-17-10-5-3-9(13)4-6-10/h3-6H,7-8,14H2,1-2H3. The fraction of sp³-hybridized carbons (Fsp3) is 0.417. The Balaban J connectivity index is 2.42. The molecule has 17 heavy (non-hydrogen) atoms. The molecule has 0 bridgehead atoms. The van der Waals surface area contributed by atoms with E-state index in [1.165, 1.54) is 7.11 Å². The molecule has 1 rings (SSSR count). The Morgan fingerprint density at radius 1 is 1.47 bits per heavy atom. The van der Waals surface area contributed by atoms with E-state index >= 15 is 0 Å². The van der Waals surface area contributed by atoms with Crippen molar-refractivity contribution in [2.24, 2.45) is 5.73 Å². The lowest BCUT2D eigenvalue weighted by atomic mass is 10.0. The van der Waals surface area contributed by atoms with Crippen LogP contribution in [0.4, 0.5) is 0 Å². The number of carbonyl (C=O) groups is 1. The van der Waals surface area contributed by atoms with Crippen molar-refractivity contribution in [2.45, 2.75) is 23.8 Å². The van der Waals surface area contributed by atoms with Gasteiger partial charge in [-0.25, -0.2) is 0 Å². The van der Waals surface area contributed by atoms with E-state index in [4.69, 9.17) is 5.73 Å². The molecule has 0 fully saturated rings. The summed E-state index contributed by atoms with van der Waals surface area (Å²) in [6.07, 6.45) is 0.584. The molecule has 1 aromatic rings. The second-order valence-electron chi connectivity index (χ2n) is 3.96. The number of ether oxygens (including phenoxy) is 1. The quantitative estimate of drug-likeness (QED) is 0.670. The lowest BCUT2D eigenvalue weighted by molar-refractivity contribution is -0.146. The number of methoxy groups -OCH3 is 1. The van der Waals surface area contributed by atoms with E-state index in [0.717, 1.165) is 15.1 Å². The third-order valence-corrected chi connectivity index (χ3v) is 3.90. The van der Waals surface area contributed by atoms with Gasteiger partial charge in [-0.3, -0.25) is 4.79 Å². The maximum Gasteiger partial charge on any atom is 0.325 e. The molecule has 0 aliphatic rings. The van der Waals surface area contributed by atoms with Crippen LogP contribution in [-0.2, 0) is 9.53 Å². The van der Waals surface area contributed by atoms with E-state index in [0.29, 0.717) is 6.42 Å². The largest absolute Gasteiger partial charge is 0.468 e. The van der Waals surface area contributed by atoms with Crippen molar-refractivity contribution in [1.29, 1.82) is 0 Å². The van der Waals surface area contributed by atoms with E-state index < -0.39 is 5.54 Å². The summed E-state index contributed by atoms with van der Waals surface area (Å²) in [6, 6.07) is 8.04. The molecule has 0 amide bonds. The van der Waals surface area contributed by atoms with Gasteiger partial charge in [-0.2, -0.15) is 0 Å². The normalized spacial score (nSPS) is 14.1. The first-order valence-corrected chi connectivity index (χ1v) is 6.99. The molecule has 5 heteroatoms. The maximum atomic E-state index is 11.4. The summed E-state index contributed by atoms with van der Waals surface area (Å²) in [5.41, 5.74) is 4.96. The van der Waals surface area contributed by atoms with Gasteiger partial charge in [0.05, 0.1) is 7.11 Å².